The SMILES string of the molecule is C=C(C)CN1C(=O)C(C)Oc2cc(NC(=O)C(Cl)(Cl)Cl)ccc21. The van der Waals surface area contributed by atoms with E-state index in [9.17, 15) is 9.59 Å². The lowest BCUT2D eigenvalue weighted by atomic mass is 10.1. The predicted molar refractivity (Wildman–Crippen MR) is 92.6 cm³/mol. The van der Waals surface area contributed by atoms with Crippen LogP contribution in [0.3, 0.4) is 0 Å². The van der Waals surface area contributed by atoms with Crippen LogP contribution in [-0.4, -0.2) is 28.3 Å². The summed E-state index contributed by atoms with van der Waals surface area (Å²) in [5, 5.41) is 2.48. The highest BCUT2D eigenvalue weighted by atomic mass is 35.6. The molecule has 0 aromatic heterocycles. The summed E-state index contributed by atoms with van der Waals surface area (Å²) in [6, 6.07) is 4.85. The van der Waals surface area contributed by atoms with Crippen molar-refractivity contribution >= 4 is 58.0 Å². The molecule has 0 saturated carbocycles. The maximum Gasteiger partial charge on any atom is 0.276 e. The van der Waals surface area contributed by atoms with E-state index < -0.39 is 15.8 Å². The van der Waals surface area contributed by atoms with Crippen molar-refractivity contribution < 1.29 is 14.3 Å². The average molecular weight is 378 g/mol. The van der Waals surface area contributed by atoms with Gasteiger partial charge in [0.15, 0.2) is 6.10 Å². The molecule has 1 atom stereocenters. The Balaban J connectivity index is 2.32. The normalized spacial score (nSPS) is 17.3. The topological polar surface area (TPSA) is 58.6 Å². The number of rotatable bonds is 3. The van der Waals surface area contributed by atoms with Crippen molar-refractivity contribution in [2.45, 2.75) is 23.7 Å². The van der Waals surface area contributed by atoms with Gasteiger partial charge < -0.3 is 15.0 Å². The fraction of sp³-hybridized carbons (Fsp3) is 0.333. The standard InChI is InChI=1S/C15H15Cl3N2O3/c1-8(2)7-20-11-5-4-10(19-14(22)15(16,17)18)6-12(11)23-9(3)13(20)21/h4-6,9H,1,7H2,2-3H3,(H,19,22). The average Bonchev–Trinajstić information content (AvgIpc) is 2.42. The Morgan fingerprint density at radius 1 is 1.43 bits per heavy atom. The number of nitrogens with zero attached hydrogens (tertiary/aromatic N) is 1. The molecule has 1 aliphatic rings. The molecule has 124 valence electrons. The highest BCUT2D eigenvalue weighted by molar-refractivity contribution is 6.76. The molecule has 0 fully saturated rings. The number of hydrogen-bond donors (Lipinski definition) is 1. The molecule has 0 spiro atoms. The van der Waals surface area contributed by atoms with E-state index in [1.807, 2.05) is 6.92 Å². The molecule has 0 aliphatic carbocycles. The van der Waals surface area contributed by atoms with Gasteiger partial charge in [0.2, 0.25) is 0 Å². The molecular formula is C15H15Cl3N2O3. The van der Waals surface area contributed by atoms with Crippen LogP contribution in [-0.2, 0) is 9.59 Å². The molecule has 8 heteroatoms. The third-order valence-corrected chi connectivity index (χ3v) is 3.63. The van der Waals surface area contributed by atoms with Crippen molar-refractivity contribution in [2.24, 2.45) is 0 Å². The summed E-state index contributed by atoms with van der Waals surface area (Å²) in [5.41, 5.74) is 1.84. The molecule has 0 radical (unpaired) electrons. The first kappa shape index (κ1) is 17.9. The second kappa shape index (κ2) is 6.59. The van der Waals surface area contributed by atoms with Crippen LogP contribution in [0, 0.1) is 0 Å². The van der Waals surface area contributed by atoms with Crippen molar-refractivity contribution in [2.75, 3.05) is 16.8 Å². The van der Waals surface area contributed by atoms with Crippen LogP contribution in [0.5, 0.6) is 5.75 Å². The van der Waals surface area contributed by atoms with Gasteiger partial charge >= 0.3 is 0 Å². The highest BCUT2D eigenvalue weighted by Crippen LogP contribution is 2.37. The van der Waals surface area contributed by atoms with Gasteiger partial charge in [0.05, 0.1) is 5.69 Å². The van der Waals surface area contributed by atoms with Crippen LogP contribution < -0.4 is 15.0 Å². The highest BCUT2D eigenvalue weighted by Gasteiger charge is 2.33. The second-order valence-corrected chi connectivity index (χ2v) is 7.56. The van der Waals surface area contributed by atoms with E-state index >= 15 is 0 Å². The Bertz CT molecular complexity index is 670. The number of benzene rings is 1. The molecule has 0 bridgehead atoms. The largest absolute Gasteiger partial charge is 0.479 e. The van der Waals surface area contributed by atoms with E-state index in [0.29, 0.717) is 23.7 Å². The number of anilines is 2. The van der Waals surface area contributed by atoms with Gasteiger partial charge in [-0.2, -0.15) is 0 Å². The summed E-state index contributed by atoms with van der Waals surface area (Å²) < 4.78 is 3.53. The number of halogens is 3. The molecule has 1 aromatic rings. The van der Waals surface area contributed by atoms with Crippen LogP contribution in [0.4, 0.5) is 11.4 Å². The minimum atomic E-state index is -2.06. The number of alkyl halides is 3. The molecule has 1 unspecified atom stereocenters. The second-order valence-electron chi connectivity index (χ2n) is 5.28. The molecule has 5 nitrogen and oxygen atoms in total. The van der Waals surface area contributed by atoms with E-state index in [1.165, 1.54) is 0 Å². The lowest BCUT2D eigenvalue weighted by molar-refractivity contribution is -0.125. The number of hydrogen-bond acceptors (Lipinski definition) is 3. The van der Waals surface area contributed by atoms with Gasteiger partial charge in [0.1, 0.15) is 5.75 Å². The quantitative estimate of drug-likeness (QED) is 0.645. The Kier molecular flexibility index (Phi) is 5.14. The molecule has 1 aliphatic heterocycles. The molecule has 23 heavy (non-hydrogen) atoms. The van der Waals surface area contributed by atoms with Crippen LogP contribution in [0.1, 0.15) is 13.8 Å². The van der Waals surface area contributed by atoms with E-state index in [-0.39, 0.29) is 5.91 Å². The lowest BCUT2D eigenvalue weighted by Gasteiger charge is -2.33. The van der Waals surface area contributed by atoms with Gasteiger partial charge in [-0.15, -0.1) is 0 Å². The van der Waals surface area contributed by atoms with Crippen LogP contribution in [0.15, 0.2) is 30.4 Å². The number of carbonyl (C=O) groups excluding carboxylic acids is 2. The summed E-state index contributed by atoms with van der Waals surface area (Å²) >= 11 is 16.6. The lowest BCUT2D eigenvalue weighted by Crippen LogP contribution is -2.45. The third kappa shape index (κ3) is 4.10. The van der Waals surface area contributed by atoms with Crippen molar-refractivity contribution in [1.29, 1.82) is 0 Å². The van der Waals surface area contributed by atoms with Crippen molar-refractivity contribution in [1.82, 2.24) is 0 Å². The van der Waals surface area contributed by atoms with Crippen LogP contribution in [0.25, 0.3) is 0 Å². The zero-order valence-corrected chi connectivity index (χ0v) is 14.8. The van der Waals surface area contributed by atoms with Gasteiger partial charge in [-0.05, 0) is 26.0 Å². The molecule has 0 saturated heterocycles. The Morgan fingerprint density at radius 3 is 2.65 bits per heavy atom. The number of fused-ring (bicyclic) bond motifs is 1. The zero-order chi connectivity index (χ0) is 17.4. The Morgan fingerprint density at radius 2 is 2.09 bits per heavy atom. The Hall–Kier alpha value is -1.43. The summed E-state index contributed by atoms with van der Waals surface area (Å²) in [7, 11) is 0. The van der Waals surface area contributed by atoms with E-state index in [1.54, 1.807) is 30.0 Å². The first-order valence-corrected chi connectivity index (χ1v) is 7.87. The molecular weight excluding hydrogens is 363 g/mol. The fourth-order valence-electron chi connectivity index (χ4n) is 2.12. The fourth-order valence-corrected chi connectivity index (χ4v) is 2.27. The van der Waals surface area contributed by atoms with Crippen molar-refractivity contribution in [3.8, 4) is 5.75 Å². The molecule has 1 N–H and O–H groups in total. The van der Waals surface area contributed by atoms with Crippen molar-refractivity contribution in [3.05, 3.63) is 30.4 Å². The number of ether oxygens (including phenoxy) is 1. The third-order valence-electron chi connectivity index (χ3n) is 3.11. The van der Waals surface area contributed by atoms with E-state index in [0.717, 1.165) is 5.57 Å². The minimum absolute atomic E-state index is 0.154. The molecule has 1 heterocycles. The predicted octanol–water partition coefficient (Wildman–Crippen LogP) is 3.69. The minimum Gasteiger partial charge on any atom is -0.479 e. The van der Waals surface area contributed by atoms with Crippen molar-refractivity contribution in [3.63, 3.8) is 0 Å². The first-order chi connectivity index (χ1) is 10.6. The maximum atomic E-state index is 12.3. The van der Waals surface area contributed by atoms with Gasteiger partial charge in [-0.1, -0.05) is 47.0 Å². The van der Waals surface area contributed by atoms with E-state index in [2.05, 4.69) is 11.9 Å². The smallest absolute Gasteiger partial charge is 0.276 e. The number of amides is 2. The van der Waals surface area contributed by atoms with Gasteiger partial charge in [-0.25, -0.2) is 0 Å². The summed E-state index contributed by atoms with van der Waals surface area (Å²) in [6.07, 6.45) is -0.638. The molecule has 1 aromatic carbocycles. The van der Waals surface area contributed by atoms with Gasteiger partial charge in [0.25, 0.3) is 15.6 Å². The zero-order valence-electron chi connectivity index (χ0n) is 12.5. The maximum absolute atomic E-state index is 12.3. The summed E-state index contributed by atoms with van der Waals surface area (Å²) in [4.78, 5) is 25.5. The van der Waals surface area contributed by atoms with Gasteiger partial charge in [-0.3, -0.25) is 9.59 Å². The molecule has 2 rings (SSSR count). The van der Waals surface area contributed by atoms with Crippen LogP contribution in [0.2, 0.25) is 0 Å². The molecule has 2 amide bonds. The number of carbonyl (C=O) groups is 2. The number of nitrogens with one attached hydrogen (secondary N) is 1. The Labute approximate surface area is 149 Å². The van der Waals surface area contributed by atoms with Crippen LogP contribution >= 0.6 is 34.8 Å². The first-order valence-electron chi connectivity index (χ1n) is 6.74. The monoisotopic (exact) mass is 376 g/mol. The van der Waals surface area contributed by atoms with Gasteiger partial charge in [0, 0.05) is 18.3 Å². The van der Waals surface area contributed by atoms with E-state index in [4.69, 9.17) is 39.5 Å². The summed E-state index contributed by atoms with van der Waals surface area (Å²) in [5.74, 6) is -0.472. The summed E-state index contributed by atoms with van der Waals surface area (Å²) in [6.45, 7) is 7.71.